The van der Waals surface area contributed by atoms with Gasteiger partial charge in [0.1, 0.15) is 13.2 Å². The number of methoxy groups -OCH3 is 2. The molecule has 192 valence electrons. The van der Waals surface area contributed by atoms with Gasteiger partial charge in [-0.2, -0.15) is 0 Å². The van der Waals surface area contributed by atoms with Crippen LogP contribution >= 0.6 is 0 Å². The average molecular weight is 499 g/mol. The summed E-state index contributed by atoms with van der Waals surface area (Å²) in [4.78, 5) is 51.0. The summed E-state index contributed by atoms with van der Waals surface area (Å²) in [6.07, 6.45) is 0.682. The van der Waals surface area contributed by atoms with Crippen molar-refractivity contribution < 1.29 is 38.1 Å². The Hall–Kier alpha value is -4.34. The highest BCUT2D eigenvalue weighted by atomic mass is 16.6. The van der Waals surface area contributed by atoms with E-state index in [-0.39, 0.29) is 13.2 Å². The molecule has 0 unspecified atom stereocenters. The summed E-state index contributed by atoms with van der Waals surface area (Å²) >= 11 is 0. The minimum absolute atomic E-state index is 0.159. The molecule has 0 heterocycles. The molecule has 2 aromatic carbocycles. The number of hydrogen-bond acceptors (Lipinski definition) is 8. The Morgan fingerprint density at radius 2 is 1.00 bits per heavy atom. The van der Waals surface area contributed by atoms with Crippen molar-refractivity contribution in [3.05, 3.63) is 83.9 Å². The molecule has 2 aromatic rings. The normalized spacial score (nSPS) is 12.2. The quantitative estimate of drug-likeness (QED) is 0.278. The van der Waals surface area contributed by atoms with Crippen LogP contribution in [-0.4, -0.2) is 75.5 Å². The molecule has 0 aliphatic heterocycles. The van der Waals surface area contributed by atoms with E-state index >= 15 is 0 Å². The molecule has 0 bridgehead atoms. The smallest absolute Gasteiger partial charge is 0.409 e. The van der Waals surface area contributed by atoms with Crippen molar-refractivity contribution in [1.82, 2.24) is 9.80 Å². The van der Waals surface area contributed by atoms with Gasteiger partial charge in [0.2, 0.25) is 0 Å². The fourth-order valence-corrected chi connectivity index (χ4v) is 3.31. The largest absolute Gasteiger partial charge is 0.460 e. The number of likely N-dealkylation sites (N-methyl/N-ethyl adjacent to an activating group) is 2. The van der Waals surface area contributed by atoms with Crippen LogP contribution in [0.25, 0.3) is 0 Å². The lowest BCUT2D eigenvalue weighted by Gasteiger charge is -2.27. The van der Waals surface area contributed by atoms with Gasteiger partial charge in [-0.3, -0.25) is 0 Å². The molecule has 0 N–H and O–H groups in total. The van der Waals surface area contributed by atoms with Crippen molar-refractivity contribution in [3.8, 4) is 0 Å². The summed E-state index contributed by atoms with van der Waals surface area (Å²) in [6, 6.07) is 16.8. The standard InChI is InChI=1S/C26H30N2O8/c1-27(25(31)33-3)21(19-11-7-5-8-12-19)17-35-23(29)15-16-24(30)36-18-22(28(2)26(32)34-4)20-13-9-6-10-14-20/h5-16,21-22H,17-18H2,1-4H3/b16-15+/t21-,22-/m1/s1. The van der Waals surface area contributed by atoms with E-state index in [1.54, 1.807) is 48.5 Å². The summed E-state index contributed by atoms with van der Waals surface area (Å²) in [5.74, 6) is -1.59. The lowest BCUT2D eigenvalue weighted by molar-refractivity contribution is -0.142. The van der Waals surface area contributed by atoms with E-state index in [4.69, 9.17) is 18.9 Å². The van der Waals surface area contributed by atoms with Crippen molar-refractivity contribution in [2.24, 2.45) is 0 Å². The first-order chi connectivity index (χ1) is 17.3. The molecular weight excluding hydrogens is 468 g/mol. The van der Waals surface area contributed by atoms with Gasteiger partial charge < -0.3 is 28.7 Å². The second-order valence-electron chi connectivity index (χ2n) is 7.61. The Kier molecular flexibility index (Phi) is 11.0. The fourth-order valence-electron chi connectivity index (χ4n) is 3.31. The molecule has 2 amide bonds. The Morgan fingerprint density at radius 1 is 0.667 bits per heavy atom. The van der Waals surface area contributed by atoms with E-state index in [0.717, 1.165) is 23.3 Å². The Bertz CT molecular complexity index is 959. The molecule has 10 heteroatoms. The third-order valence-corrected chi connectivity index (χ3v) is 5.35. The molecule has 0 aromatic heterocycles. The molecule has 2 rings (SSSR count). The van der Waals surface area contributed by atoms with Gasteiger partial charge in [0.15, 0.2) is 0 Å². The highest BCUT2D eigenvalue weighted by Crippen LogP contribution is 2.22. The van der Waals surface area contributed by atoms with Gasteiger partial charge in [-0.15, -0.1) is 0 Å². The first-order valence-corrected chi connectivity index (χ1v) is 11.0. The molecule has 0 saturated heterocycles. The number of esters is 2. The van der Waals surface area contributed by atoms with Crippen LogP contribution in [0.3, 0.4) is 0 Å². The van der Waals surface area contributed by atoms with Crippen LogP contribution in [0.4, 0.5) is 9.59 Å². The topological polar surface area (TPSA) is 112 Å². The SMILES string of the molecule is COC(=O)N(C)[C@H](COC(=O)/C=C/C(=O)OC[C@H](c1ccccc1)N(C)C(=O)OC)c1ccccc1. The zero-order valence-electron chi connectivity index (χ0n) is 20.7. The van der Waals surface area contributed by atoms with E-state index in [9.17, 15) is 19.2 Å². The maximum Gasteiger partial charge on any atom is 0.409 e. The molecule has 0 fully saturated rings. The third-order valence-electron chi connectivity index (χ3n) is 5.35. The van der Waals surface area contributed by atoms with E-state index in [1.807, 2.05) is 12.1 Å². The molecular formula is C26H30N2O8. The number of rotatable bonds is 10. The van der Waals surface area contributed by atoms with E-state index < -0.39 is 36.2 Å². The number of benzene rings is 2. The monoisotopic (exact) mass is 498 g/mol. The highest BCUT2D eigenvalue weighted by Gasteiger charge is 2.25. The summed E-state index contributed by atoms with van der Waals surface area (Å²) in [7, 11) is 5.57. The van der Waals surface area contributed by atoms with E-state index in [0.29, 0.717) is 0 Å². The van der Waals surface area contributed by atoms with Gasteiger partial charge in [-0.25, -0.2) is 19.2 Å². The van der Waals surface area contributed by atoms with Crippen LogP contribution < -0.4 is 0 Å². The van der Waals surface area contributed by atoms with Crippen molar-refractivity contribution >= 4 is 24.1 Å². The van der Waals surface area contributed by atoms with Crippen molar-refractivity contribution in [2.45, 2.75) is 12.1 Å². The molecule has 0 aliphatic rings. The van der Waals surface area contributed by atoms with Crippen LogP contribution in [0.1, 0.15) is 23.2 Å². The minimum atomic E-state index is -0.794. The van der Waals surface area contributed by atoms with Crippen molar-refractivity contribution in [3.63, 3.8) is 0 Å². The molecule has 0 spiro atoms. The first-order valence-electron chi connectivity index (χ1n) is 11.0. The molecule has 36 heavy (non-hydrogen) atoms. The van der Waals surface area contributed by atoms with Crippen LogP contribution in [0.5, 0.6) is 0 Å². The van der Waals surface area contributed by atoms with Crippen LogP contribution in [0, 0.1) is 0 Å². The Balaban J connectivity index is 1.97. The number of amides is 2. The van der Waals surface area contributed by atoms with E-state index in [1.165, 1.54) is 38.1 Å². The molecule has 10 nitrogen and oxygen atoms in total. The van der Waals surface area contributed by atoms with Gasteiger partial charge in [-0.05, 0) is 11.1 Å². The van der Waals surface area contributed by atoms with Gasteiger partial charge in [0, 0.05) is 26.2 Å². The number of carbonyl (C=O) groups is 4. The molecule has 0 radical (unpaired) electrons. The second-order valence-corrected chi connectivity index (χ2v) is 7.61. The number of carbonyl (C=O) groups excluding carboxylic acids is 4. The summed E-state index contributed by atoms with van der Waals surface area (Å²) < 4.78 is 20.0. The van der Waals surface area contributed by atoms with Crippen LogP contribution in [0.2, 0.25) is 0 Å². The molecule has 2 atom stereocenters. The number of nitrogens with zero attached hydrogens (tertiary/aromatic N) is 2. The van der Waals surface area contributed by atoms with Gasteiger partial charge >= 0.3 is 24.1 Å². The van der Waals surface area contributed by atoms with Gasteiger partial charge in [0.05, 0.1) is 26.3 Å². The summed E-state index contributed by atoms with van der Waals surface area (Å²) in [6.45, 7) is -0.318. The summed E-state index contributed by atoms with van der Waals surface area (Å²) in [5.41, 5.74) is 1.48. The summed E-state index contributed by atoms with van der Waals surface area (Å²) in [5, 5.41) is 0. The Morgan fingerprint density at radius 3 is 1.31 bits per heavy atom. The predicted molar refractivity (Wildman–Crippen MR) is 130 cm³/mol. The van der Waals surface area contributed by atoms with Crippen LogP contribution in [0.15, 0.2) is 72.8 Å². The predicted octanol–water partition coefficient (Wildman–Crippen LogP) is 3.51. The lowest BCUT2D eigenvalue weighted by atomic mass is 10.1. The zero-order chi connectivity index (χ0) is 26.5. The van der Waals surface area contributed by atoms with Crippen LogP contribution in [-0.2, 0) is 28.5 Å². The zero-order valence-corrected chi connectivity index (χ0v) is 20.7. The van der Waals surface area contributed by atoms with E-state index in [2.05, 4.69) is 0 Å². The molecule has 0 aliphatic carbocycles. The lowest BCUT2D eigenvalue weighted by Crippen LogP contribution is -2.34. The van der Waals surface area contributed by atoms with Crippen molar-refractivity contribution in [1.29, 1.82) is 0 Å². The third kappa shape index (κ3) is 8.15. The molecule has 0 saturated carbocycles. The highest BCUT2D eigenvalue weighted by molar-refractivity contribution is 5.91. The fraction of sp³-hybridized carbons (Fsp3) is 0.308. The van der Waals surface area contributed by atoms with Crippen molar-refractivity contribution in [2.75, 3.05) is 41.5 Å². The second kappa shape index (κ2) is 14.1. The maximum absolute atomic E-state index is 12.2. The number of hydrogen-bond donors (Lipinski definition) is 0. The Labute approximate surface area is 210 Å². The first kappa shape index (κ1) is 27.9. The average Bonchev–Trinajstić information content (AvgIpc) is 2.92. The minimum Gasteiger partial charge on any atom is -0.460 e. The van der Waals surface area contributed by atoms with Gasteiger partial charge in [-0.1, -0.05) is 60.7 Å². The number of ether oxygens (including phenoxy) is 4. The van der Waals surface area contributed by atoms with Gasteiger partial charge in [0.25, 0.3) is 0 Å². The maximum atomic E-state index is 12.2.